The molecule has 1 atom stereocenters. The van der Waals surface area contributed by atoms with E-state index in [1.807, 2.05) is 11.6 Å². The maximum absolute atomic E-state index is 12.3. The highest BCUT2D eigenvalue weighted by molar-refractivity contribution is 7.89. The minimum absolute atomic E-state index is 0.0234. The average molecular weight is 315 g/mol. The van der Waals surface area contributed by atoms with Crippen LogP contribution in [0.1, 0.15) is 23.1 Å². The number of sulfonamides is 1. The van der Waals surface area contributed by atoms with Gasteiger partial charge in [-0.3, -0.25) is 9.59 Å². The van der Waals surface area contributed by atoms with Gasteiger partial charge < -0.3 is 10.2 Å². The molecule has 0 bridgehead atoms. The van der Waals surface area contributed by atoms with E-state index in [2.05, 4.69) is 0 Å². The van der Waals surface area contributed by atoms with Gasteiger partial charge in [0.15, 0.2) is 0 Å². The molecule has 1 aromatic carbocycles. The third kappa shape index (κ3) is 4.27. The summed E-state index contributed by atoms with van der Waals surface area (Å²) in [5.74, 6) is -2.94. The number of aliphatic carboxylic acids is 2. The first kappa shape index (κ1) is 17.1. The van der Waals surface area contributed by atoms with Crippen molar-refractivity contribution in [3.05, 3.63) is 28.8 Å². The Morgan fingerprint density at radius 3 is 2.00 bits per heavy atom. The average Bonchev–Trinajstić information content (AvgIpc) is 2.24. The predicted molar refractivity (Wildman–Crippen MR) is 74.7 cm³/mol. The summed E-state index contributed by atoms with van der Waals surface area (Å²) in [5.41, 5.74) is 1.82. The normalized spacial score (nSPS) is 12.9. The van der Waals surface area contributed by atoms with E-state index in [1.165, 1.54) is 0 Å². The van der Waals surface area contributed by atoms with Gasteiger partial charge in [0.2, 0.25) is 10.0 Å². The fourth-order valence-electron chi connectivity index (χ4n) is 2.19. The van der Waals surface area contributed by atoms with Crippen molar-refractivity contribution in [1.82, 2.24) is 4.72 Å². The molecule has 1 aromatic rings. The summed E-state index contributed by atoms with van der Waals surface area (Å²) in [5, 5.41) is 17.6. The molecule has 3 N–H and O–H groups in total. The zero-order chi connectivity index (χ0) is 16.4. The van der Waals surface area contributed by atoms with Crippen LogP contribution in [-0.4, -0.2) is 36.6 Å². The zero-order valence-electron chi connectivity index (χ0n) is 11.9. The standard InChI is InChI=1S/C13H17NO6S/c1-7-4-8(2)12(9(3)5-7)21(19,20)14-10(13(17)18)6-11(15)16/h4-5,10,14H,6H2,1-3H3,(H,15,16)(H,17,18)/t10-/m0/s1. The Labute approximate surface area is 122 Å². The highest BCUT2D eigenvalue weighted by Gasteiger charge is 2.29. The molecule has 0 saturated heterocycles. The molecule has 0 aliphatic carbocycles. The second-order valence-corrected chi connectivity index (χ2v) is 6.49. The maximum atomic E-state index is 12.3. The first-order valence-corrected chi connectivity index (χ1v) is 7.57. The van der Waals surface area contributed by atoms with Gasteiger partial charge in [0.25, 0.3) is 0 Å². The fourth-order valence-corrected chi connectivity index (χ4v) is 3.83. The number of carbonyl (C=O) groups is 2. The molecule has 1 rings (SSSR count). The van der Waals surface area contributed by atoms with Crippen LogP contribution in [0.2, 0.25) is 0 Å². The van der Waals surface area contributed by atoms with Crippen LogP contribution in [0.15, 0.2) is 17.0 Å². The highest BCUT2D eigenvalue weighted by Crippen LogP contribution is 2.22. The largest absolute Gasteiger partial charge is 0.481 e. The molecule has 0 spiro atoms. The fraction of sp³-hybridized carbons (Fsp3) is 0.385. The Morgan fingerprint density at radius 2 is 1.62 bits per heavy atom. The van der Waals surface area contributed by atoms with Crippen LogP contribution in [0.5, 0.6) is 0 Å². The molecular weight excluding hydrogens is 298 g/mol. The number of benzene rings is 1. The van der Waals surface area contributed by atoms with E-state index in [4.69, 9.17) is 10.2 Å². The van der Waals surface area contributed by atoms with Gasteiger partial charge in [-0.15, -0.1) is 0 Å². The minimum Gasteiger partial charge on any atom is -0.481 e. The molecule has 0 aliphatic rings. The van der Waals surface area contributed by atoms with Gasteiger partial charge >= 0.3 is 11.9 Å². The number of nitrogens with one attached hydrogen (secondary N) is 1. The van der Waals surface area contributed by atoms with E-state index in [9.17, 15) is 18.0 Å². The van der Waals surface area contributed by atoms with Gasteiger partial charge in [0.1, 0.15) is 6.04 Å². The number of hydrogen-bond donors (Lipinski definition) is 3. The highest BCUT2D eigenvalue weighted by atomic mass is 32.2. The summed E-state index contributed by atoms with van der Waals surface area (Å²) in [6.07, 6.45) is -0.835. The van der Waals surface area contributed by atoms with E-state index in [0.29, 0.717) is 11.1 Å². The molecule has 116 valence electrons. The van der Waals surface area contributed by atoms with Crippen LogP contribution in [0.4, 0.5) is 0 Å². The van der Waals surface area contributed by atoms with Crippen molar-refractivity contribution >= 4 is 22.0 Å². The molecule has 21 heavy (non-hydrogen) atoms. The van der Waals surface area contributed by atoms with Crippen LogP contribution in [0.25, 0.3) is 0 Å². The Morgan fingerprint density at radius 1 is 1.14 bits per heavy atom. The second-order valence-electron chi connectivity index (χ2n) is 4.84. The van der Waals surface area contributed by atoms with Gasteiger partial charge in [-0.25, -0.2) is 8.42 Å². The van der Waals surface area contributed by atoms with Crippen molar-refractivity contribution in [2.75, 3.05) is 0 Å². The molecule has 0 radical (unpaired) electrons. The lowest BCUT2D eigenvalue weighted by atomic mass is 10.1. The molecule has 0 amide bonds. The zero-order valence-corrected chi connectivity index (χ0v) is 12.7. The molecule has 0 aromatic heterocycles. The Kier molecular flexibility index (Phi) is 5.08. The van der Waals surface area contributed by atoms with Crippen molar-refractivity contribution in [3.63, 3.8) is 0 Å². The number of hydrogen-bond acceptors (Lipinski definition) is 4. The van der Waals surface area contributed by atoms with Crippen molar-refractivity contribution in [3.8, 4) is 0 Å². The summed E-state index contributed by atoms with van der Waals surface area (Å²) >= 11 is 0. The minimum atomic E-state index is -4.12. The molecular formula is C13H17NO6S. The molecule has 0 saturated carbocycles. The van der Waals surface area contributed by atoms with Crippen LogP contribution < -0.4 is 4.72 Å². The van der Waals surface area contributed by atoms with Crippen LogP contribution in [-0.2, 0) is 19.6 Å². The Hall–Kier alpha value is -1.93. The number of aryl methyl sites for hydroxylation is 3. The predicted octanol–water partition coefficient (Wildman–Crippen LogP) is 0.818. The second kappa shape index (κ2) is 6.23. The lowest BCUT2D eigenvalue weighted by Crippen LogP contribution is -2.42. The first-order valence-electron chi connectivity index (χ1n) is 6.09. The Bertz CT molecular complexity index is 657. The molecule has 7 nitrogen and oxygen atoms in total. The first-order chi connectivity index (χ1) is 9.54. The van der Waals surface area contributed by atoms with Crippen molar-refractivity contribution in [2.45, 2.75) is 38.1 Å². The lowest BCUT2D eigenvalue weighted by molar-refractivity contribution is -0.145. The molecule has 0 heterocycles. The maximum Gasteiger partial charge on any atom is 0.322 e. The quantitative estimate of drug-likeness (QED) is 0.714. The summed E-state index contributed by atoms with van der Waals surface area (Å²) in [6.45, 7) is 5.01. The third-order valence-corrected chi connectivity index (χ3v) is 4.62. The summed E-state index contributed by atoms with van der Waals surface area (Å²) in [6, 6.07) is 1.61. The monoisotopic (exact) mass is 315 g/mol. The third-order valence-electron chi connectivity index (χ3n) is 2.85. The van der Waals surface area contributed by atoms with E-state index in [0.717, 1.165) is 5.56 Å². The van der Waals surface area contributed by atoms with E-state index >= 15 is 0 Å². The van der Waals surface area contributed by atoms with Crippen LogP contribution in [0, 0.1) is 20.8 Å². The molecule has 0 fully saturated rings. The van der Waals surface area contributed by atoms with E-state index in [1.54, 1.807) is 26.0 Å². The van der Waals surface area contributed by atoms with Gasteiger partial charge in [-0.1, -0.05) is 17.7 Å². The number of carboxylic acids is 2. The van der Waals surface area contributed by atoms with Crippen LogP contribution in [0.3, 0.4) is 0 Å². The molecule has 0 unspecified atom stereocenters. The smallest absolute Gasteiger partial charge is 0.322 e. The number of carboxylic acid groups (broad SMARTS) is 2. The molecule has 8 heteroatoms. The van der Waals surface area contributed by atoms with Crippen LogP contribution >= 0.6 is 0 Å². The lowest BCUT2D eigenvalue weighted by Gasteiger charge is -2.16. The van der Waals surface area contributed by atoms with Crippen molar-refractivity contribution < 1.29 is 28.2 Å². The summed E-state index contributed by atoms with van der Waals surface area (Å²) in [7, 11) is -4.12. The van der Waals surface area contributed by atoms with Crippen molar-refractivity contribution in [2.24, 2.45) is 0 Å². The molecule has 0 aliphatic heterocycles. The summed E-state index contributed by atoms with van der Waals surface area (Å²) in [4.78, 5) is 21.6. The van der Waals surface area contributed by atoms with Gasteiger partial charge in [-0.05, 0) is 31.9 Å². The van der Waals surface area contributed by atoms with E-state index < -0.39 is 34.4 Å². The van der Waals surface area contributed by atoms with Gasteiger partial charge in [0.05, 0.1) is 11.3 Å². The van der Waals surface area contributed by atoms with Gasteiger partial charge in [0, 0.05) is 0 Å². The number of rotatable bonds is 6. The van der Waals surface area contributed by atoms with E-state index in [-0.39, 0.29) is 4.90 Å². The topological polar surface area (TPSA) is 121 Å². The SMILES string of the molecule is Cc1cc(C)c(S(=O)(=O)N[C@@H](CC(=O)O)C(=O)O)c(C)c1. The van der Waals surface area contributed by atoms with Gasteiger partial charge in [-0.2, -0.15) is 4.72 Å². The Balaban J connectivity index is 3.23. The summed E-state index contributed by atoms with van der Waals surface area (Å²) < 4.78 is 26.6. The van der Waals surface area contributed by atoms with Crippen molar-refractivity contribution in [1.29, 1.82) is 0 Å².